The number of hydrogen-bond donors (Lipinski definition) is 2. The van der Waals surface area contributed by atoms with Crippen LogP contribution in [-0.2, 0) is 6.42 Å². The summed E-state index contributed by atoms with van der Waals surface area (Å²) in [6, 6.07) is 2.99. The Labute approximate surface area is 133 Å². The lowest BCUT2D eigenvalue weighted by Gasteiger charge is -2.07. The number of halogens is 3. The van der Waals surface area contributed by atoms with Gasteiger partial charge in [-0.3, -0.25) is 9.59 Å². The van der Waals surface area contributed by atoms with Gasteiger partial charge in [-0.15, -0.1) is 11.3 Å². The van der Waals surface area contributed by atoms with E-state index in [1.807, 2.05) is 6.92 Å². The van der Waals surface area contributed by atoms with Crippen LogP contribution >= 0.6 is 22.9 Å². The van der Waals surface area contributed by atoms with E-state index in [4.69, 9.17) is 17.3 Å². The molecule has 8 heteroatoms. The van der Waals surface area contributed by atoms with Crippen molar-refractivity contribution in [1.29, 1.82) is 0 Å². The number of amides is 2. The van der Waals surface area contributed by atoms with Crippen LogP contribution in [0.2, 0.25) is 5.02 Å². The Kier molecular flexibility index (Phi) is 4.77. The summed E-state index contributed by atoms with van der Waals surface area (Å²) in [5.41, 5.74) is 5.18. The summed E-state index contributed by atoms with van der Waals surface area (Å²) in [5.74, 6) is -3.78. The maximum atomic E-state index is 13.2. The van der Waals surface area contributed by atoms with Gasteiger partial charge >= 0.3 is 0 Å². The fraction of sp³-hybridized carbons (Fsp3) is 0.143. The van der Waals surface area contributed by atoms with Crippen LogP contribution < -0.4 is 11.1 Å². The van der Waals surface area contributed by atoms with Gasteiger partial charge < -0.3 is 11.1 Å². The second-order valence-electron chi connectivity index (χ2n) is 4.37. The van der Waals surface area contributed by atoms with Gasteiger partial charge in [0.2, 0.25) is 0 Å². The van der Waals surface area contributed by atoms with Gasteiger partial charge in [0, 0.05) is 4.88 Å². The first-order valence-electron chi connectivity index (χ1n) is 6.21. The molecular weight excluding hydrogens is 334 g/mol. The molecule has 0 bridgehead atoms. The highest BCUT2D eigenvalue weighted by Crippen LogP contribution is 2.29. The zero-order valence-electron chi connectivity index (χ0n) is 11.4. The van der Waals surface area contributed by atoms with Crippen molar-refractivity contribution in [3.05, 3.63) is 50.9 Å². The molecule has 0 aliphatic carbocycles. The normalized spacial score (nSPS) is 10.5. The molecule has 1 aromatic heterocycles. The lowest BCUT2D eigenvalue weighted by atomic mass is 10.2. The number of anilines is 1. The largest absolute Gasteiger partial charge is 0.366 e. The number of benzene rings is 1. The topological polar surface area (TPSA) is 72.2 Å². The molecule has 0 aliphatic rings. The highest BCUT2D eigenvalue weighted by molar-refractivity contribution is 7.16. The second kappa shape index (κ2) is 6.41. The summed E-state index contributed by atoms with van der Waals surface area (Å²) in [6.07, 6.45) is 0.659. The first kappa shape index (κ1) is 16.4. The molecule has 0 saturated heterocycles. The van der Waals surface area contributed by atoms with Crippen LogP contribution in [-0.4, -0.2) is 11.8 Å². The third kappa shape index (κ3) is 3.26. The molecule has 4 nitrogen and oxygen atoms in total. The number of primary amides is 1. The number of hydrogen-bond acceptors (Lipinski definition) is 3. The third-order valence-electron chi connectivity index (χ3n) is 2.88. The Morgan fingerprint density at radius 1 is 1.23 bits per heavy atom. The number of rotatable bonds is 4. The van der Waals surface area contributed by atoms with Gasteiger partial charge in [-0.2, -0.15) is 0 Å². The molecule has 2 aromatic rings. The molecule has 116 valence electrons. The van der Waals surface area contributed by atoms with Crippen LogP contribution in [0.15, 0.2) is 18.2 Å². The van der Waals surface area contributed by atoms with Crippen molar-refractivity contribution in [2.75, 3.05) is 5.32 Å². The molecule has 2 amide bonds. The zero-order valence-corrected chi connectivity index (χ0v) is 12.9. The Balaban J connectivity index is 2.35. The molecule has 2 rings (SSSR count). The van der Waals surface area contributed by atoms with Crippen LogP contribution in [0, 0.1) is 11.6 Å². The average Bonchev–Trinajstić information content (AvgIpc) is 2.86. The predicted octanol–water partition coefficient (Wildman–Crippen LogP) is 3.59. The number of nitrogens with two attached hydrogens (primary N) is 1. The van der Waals surface area contributed by atoms with Crippen molar-refractivity contribution in [3.63, 3.8) is 0 Å². The summed E-state index contributed by atoms with van der Waals surface area (Å²) in [7, 11) is 0. The lowest BCUT2D eigenvalue weighted by molar-refractivity contribution is 0.100. The van der Waals surface area contributed by atoms with Crippen LogP contribution in [0.4, 0.5) is 13.8 Å². The monoisotopic (exact) mass is 344 g/mol. The summed E-state index contributed by atoms with van der Waals surface area (Å²) in [5, 5.41) is 2.47. The number of carbonyl (C=O) groups excluding carboxylic acids is 2. The summed E-state index contributed by atoms with van der Waals surface area (Å²) >= 11 is 6.92. The van der Waals surface area contributed by atoms with Crippen LogP contribution in [0.1, 0.15) is 32.5 Å². The molecule has 1 aromatic carbocycles. The van der Waals surface area contributed by atoms with Crippen molar-refractivity contribution < 1.29 is 18.4 Å². The van der Waals surface area contributed by atoms with Gasteiger partial charge in [0.25, 0.3) is 11.8 Å². The Hall–Kier alpha value is -1.99. The molecule has 1 heterocycles. The van der Waals surface area contributed by atoms with Gasteiger partial charge in [-0.25, -0.2) is 8.78 Å². The molecule has 22 heavy (non-hydrogen) atoms. The van der Waals surface area contributed by atoms with E-state index < -0.39 is 23.4 Å². The molecule has 3 N–H and O–H groups in total. The van der Waals surface area contributed by atoms with E-state index in [0.717, 1.165) is 4.88 Å². The van der Waals surface area contributed by atoms with Gasteiger partial charge in [0.15, 0.2) is 11.6 Å². The van der Waals surface area contributed by atoms with Gasteiger partial charge in [-0.1, -0.05) is 18.5 Å². The van der Waals surface area contributed by atoms with E-state index in [1.54, 1.807) is 6.07 Å². The molecule has 0 atom stereocenters. The van der Waals surface area contributed by atoms with Crippen molar-refractivity contribution >= 4 is 39.8 Å². The molecule has 0 saturated carbocycles. The van der Waals surface area contributed by atoms with Crippen molar-refractivity contribution in [2.45, 2.75) is 13.3 Å². The SMILES string of the molecule is CCc1cc(C(N)=O)c(NC(=O)c2cc(F)c(F)cc2Cl)s1. The summed E-state index contributed by atoms with van der Waals surface area (Å²) in [4.78, 5) is 24.4. The third-order valence-corrected chi connectivity index (χ3v) is 4.39. The summed E-state index contributed by atoms with van der Waals surface area (Å²) in [6.45, 7) is 1.88. The smallest absolute Gasteiger partial charge is 0.257 e. The van der Waals surface area contributed by atoms with Gasteiger partial charge in [0.05, 0.1) is 16.1 Å². The standard InChI is InChI=1S/C14H11ClF2N2O2S/c1-2-6-3-8(12(18)20)14(22-6)19-13(21)7-4-10(16)11(17)5-9(7)15/h3-5H,2H2,1H3,(H2,18,20)(H,19,21). The fourth-order valence-electron chi connectivity index (χ4n) is 1.76. The number of carbonyl (C=O) groups is 2. The van der Waals surface area contributed by atoms with E-state index in [2.05, 4.69) is 5.32 Å². The summed E-state index contributed by atoms with van der Waals surface area (Å²) < 4.78 is 26.3. The lowest BCUT2D eigenvalue weighted by Crippen LogP contribution is -2.17. The van der Waals surface area contributed by atoms with Crippen molar-refractivity contribution in [3.8, 4) is 0 Å². The molecular formula is C14H11ClF2N2O2S. The Bertz CT molecular complexity index is 762. The predicted molar refractivity (Wildman–Crippen MR) is 81.5 cm³/mol. The van der Waals surface area contributed by atoms with Crippen LogP contribution in [0.3, 0.4) is 0 Å². The zero-order chi connectivity index (χ0) is 16.4. The van der Waals surface area contributed by atoms with E-state index in [1.165, 1.54) is 11.3 Å². The highest BCUT2D eigenvalue weighted by atomic mass is 35.5. The van der Waals surface area contributed by atoms with E-state index in [9.17, 15) is 18.4 Å². The first-order chi connectivity index (χ1) is 10.3. The van der Waals surface area contributed by atoms with Crippen LogP contribution in [0.25, 0.3) is 0 Å². The van der Waals surface area contributed by atoms with Crippen molar-refractivity contribution in [2.24, 2.45) is 5.73 Å². The van der Waals surface area contributed by atoms with E-state index in [-0.39, 0.29) is 21.2 Å². The van der Waals surface area contributed by atoms with Gasteiger partial charge in [0.1, 0.15) is 5.00 Å². The quantitative estimate of drug-likeness (QED) is 0.832. The minimum Gasteiger partial charge on any atom is -0.366 e. The fourth-order valence-corrected chi connectivity index (χ4v) is 2.99. The second-order valence-corrected chi connectivity index (χ2v) is 5.92. The van der Waals surface area contributed by atoms with Gasteiger partial charge in [-0.05, 0) is 24.6 Å². The molecule has 0 fully saturated rings. The maximum absolute atomic E-state index is 13.2. The molecule has 0 aliphatic heterocycles. The Morgan fingerprint density at radius 3 is 2.45 bits per heavy atom. The molecule has 0 unspecified atom stereocenters. The number of nitrogens with one attached hydrogen (secondary N) is 1. The minimum atomic E-state index is -1.19. The number of aryl methyl sites for hydroxylation is 1. The van der Waals surface area contributed by atoms with E-state index in [0.29, 0.717) is 18.6 Å². The highest BCUT2D eigenvalue weighted by Gasteiger charge is 2.19. The molecule has 0 radical (unpaired) electrons. The average molecular weight is 345 g/mol. The van der Waals surface area contributed by atoms with E-state index >= 15 is 0 Å². The maximum Gasteiger partial charge on any atom is 0.257 e. The Morgan fingerprint density at radius 2 is 1.86 bits per heavy atom. The number of thiophene rings is 1. The van der Waals surface area contributed by atoms with Crippen molar-refractivity contribution in [1.82, 2.24) is 0 Å². The van der Waals surface area contributed by atoms with Crippen LogP contribution in [0.5, 0.6) is 0 Å². The molecule has 0 spiro atoms. The first-order valence-corrected chi connectivity index (χ1v) is 7.41. The minimum absolute atomic E-state index is 0.161.